The minimum absolute atomic E-state index is 0.471. The van der Waals surface area contributed by atoms with Crippen LogP contribution in [0.2, 0.25) is 0 Å². The smallest absolute Gasteiger partial charge is 0.0599 e. The Morgan fingerprint density at radius 1 is 1.17 bits per heavy atom. The first-order chi connectivity index (χ1) is 11.3. The van der Waals surface area contributed by atoms with Gasteiger partial charge in [0.2, 0.25) is 0 Å². The number of nitrogens with zero attached hydrogens (tertiary/aromatic N) is 1. The Kier molecular flexibility index (Phi) is 6.49. The average Bonchev–Trinajstić information content (AvgIpc) is 3.13. The lowest BCUT2D eigenvalue weighted by Gasteiger charge is -2.33. The van der Waals surface area contributed by atoms with Gasteiger partial charge >= 0.3 is 0 Å². The van der Waals surface area contributed by atoms with Gasteiger partial charge in [-0.2, -0.15) is 0 Å². The Morgan fingerprint density at radius 2 is 1.96 bits per heavy atom. The molecule has 2 fully saturated rings. The monoisotopic (exact) mass is 317 g/mol. The molecule has 1 aromatic carbocycles. The number of hydrogen-bond donors (Lipinski definition) is 0. The Balaban J connectivity index is 1.31. The van der Waals surface area contributed by atoms with Gasteiger partial charge in [-0.1, -0.05) is 37.3 Å². The van der Waals surface area contributed by atoms with Gasteiger partial charge in [-0.3, -0.25) is 0 Å². The van der Waals surface area contributed by atoms with Gasteiger partial charge in [0.05, 0.1) is 19.3 Å². The van der Waals surface area contributed by atoms with Crippen molar-refractivity contribution in [1.29, 1.82) is 0 Å². The van der Waals surface area contributed by atoms with Crippen LogP contribution in [0.5, 0.6) is 0 Å². The van der Waals surface area contributed by atoms with Gasteiger partial charge in [0, 0.05) is 25.6 Å². The minimum Gasteiger partial charge on any atom is -0.381 e. The maximum absolute atomic E-state index is 6.10. The lowest BCUT2D eigenvalue weighted by atomic mass is 9.97. The van der Waals surface area contributed by atoms with Crippen molar-refractivity contribution in [2.75, 3.05) is 39.5 Å². The van der Waals surface area contributed by atoms with E-state index < -0.39 is 0 Å². The molecule has 0 bridgehead atoms. The lowest BCUT2D eigenvalue weighted by Crippen LogP contribution is -2.38. The molecule has 3 heteroatoms. The number of rotatable bonds is 7. The lowest BCUT2D eigenvalue weighted by molar-refractivity contribution is -0.0106. The fourth-order valence-corrected chi connectivity index (χ4v) is 3.61. The highest BCUT2D eigenvalue weighted by Gasteiger charge is 2.22. The molecule has 3 rings (SSSR count). The first-order valence-electron chi connectivity index (χ1n) is 9.28. The molecule has 0 aromatic heterocycles. The zero-order valence-corrected chi connectivity index (χ0v) is 14.5. The molecule has 23 heavy (non-hydrogen) atoms. The van der Waals surface area contributed by atoms with E-state index in [1.807, 2.05) is 0 Å². The second-order valence-electron chi connectivity index (χ2n) is 7.20. The zero-order valence-electron chi connectivity index (χ0n) is 14.5. The summed E-state index contributed by atoms with van der Waals surface area (Å²) in [5, 5.41) is 0. The SMILES string of the molecule is C[C@H](CCN1CCC(OC[C@@H]2CCOC2)CC1)c1ccccc1. The van der Waals surface area contributed by atoms with Crippen molar-refractivity contribution in [3.8, 4) is 0 Å². The second kappa shape index (κ2) is 8.81. The van der Waals surface area contributed by atoms with Gasteiger partial charge in [0.25, 0.3) is 0 Å². The third kappa shape index (κ3) is 5.30. The maximum atomic E-state index is 6.10. The van der Waals surface area contributed by atoms with Crippen LogP contribution in [0.3, 0.4) is 0 Å². The molecule has 0 unspecified atom stereocenters. The van der Waals surface area contributed by atoms with Crippen LogP contribution in [0.1, 0.15) is 44.1 Å². The molecule has 0 N–H and O–H groups in total. The first-order valence-corrected chi connectivity index (χ1v) is 9.28. The van der Waals surface area contributed by atoms with E-state index in [4.69, 9.17) is 9.47 Å². The molecule has 0 saturated carbocycles. The van der Waals surface area contributed by atoms with Crippen LogP contribution in [0.15, 0.2) is 30.3 Å². The molecule has 3 nitrogen and oxygen atoms in total. The number of benzene rings is 1. The van der Waals surface area contributed by atoms with E-state index in [0.717, 1.165) is 19.8 Å². The normalized spacial score (nSPS) is 24.8. The van der Waals surface area contributed by atoms with Gasteiger partial charge in [-0.25, -0.2) is 0 Å². The molecule has 0 aliphatic carbocycles. The van der Waals surface area contributed by atoms with Crippen LogP contribution in [0.4, 0.5) is 0 Å². The molecule has 0 spiro atoms. The third-order valence-corrected chi connectivity index (χ3v) is 5.37. The van der Waals surface area contributed by atoms with Crippen LogP contribution in [0, 0.1) is 5.92 Å². The molecule has 2 atom stereocenters. The first kappa shape index (κ1) is 16.9. The molecular formula is C20H31NO2. The van der Waals surface area contributed by atoms with Crippen molar-refractivity contribution >= 4 is 0 Å². The molecule has 2 aliphatic heterocycles. The Labute approximate surface area is 141 Å². The summed E-state index contributed by atoms with van der Waals surface area (Å²) in [4.78, 5) is 2.61. The molecular weight excluding hydrogens is 286 g/mol. The van der Waals surface area contributed by atoms with E-state index in [1.54, 1.807) is 0 Å². The standard InChI is InChI=1S/C20H31NO2/c1-17(19-5-3-2-4-6-19)7-11-21-12-8-20(9-13-21)23-16-18-10-14-22-15-18/h2-6,17-18,20H,7-16H2,1H3/t17-,18-/m1/s1. The van der Waals surface area contributed by atoms with Crippen molar-refractivity contribution in [2.45, 2.75) is 44.6 Å². The molecule has 128 valence electrons. The third-order valence-electron chi connectivity index (χ3n) is 5.37. The number of piperidine rings is 1. The fraction of sp³-hybridized carbons (Fsp3) is 0.700. The highest BCUT2D eigenvalue weighted by Crippen LogP contribution is 2.22. The van der Waals surface area contributed by atoms with E-state index in [-0.39, 0.29) is 0 Å². The fourth-order valence-electron chi connectivity index (χ4n) is 3.61. The van der Waals surface area contributed by atoms with Gasteiger partial charge in [-0.15, -0.1) is 0 Å². The van der Waals surface area contributed by atoms with Crippen molar-refractivity contribution in [3.05, 3.63) is 35.9 Å². The Hall–Kier alpha value is -0.900. The molecule has 2 aliphatic rings. The van der Waals surface area contributed by atoms with Crippen LogP contribution < -0.4 is 0 Å². The summed E-state index contributed by atoms with van der Waals surface area (Å²) in [7, 11) is 0. The molecule has 2 heterocycles. The highest BCUT2D eigenvalue weighted by molar-refractivity contribution is 5.18. The van der Waals surface area contributed by atoms with Crippen LogP contribution in [-0.2, 0) is 9.47 Å². The maximum Gasteiger partial charge on any atom is 0.0599 e. The topological polar surface area (TPSA) is 21.7 Å². The summed E-state index contributed by atoms with van der Waals surface area (Å²) in [6.45, 7) is 8.65. The molecule has 0 radical (unpaired) electrons. The number of ether oxygens (including phenoxy) is 2. The summed E-state index contributed by atoms with van der Waals surface area (Å²) in [5.74, 6) is 1.28. The van der Waals surface area contributed by atoms with Gasteiger partial charge in [0.1, 0.15) is 0 Å². The van der Waals surface area contributed by atoms with Gasteiger partial charge in [-0.05, 0) is 43.7 Å². The highest BCUT2D eigenvalue weighted by atomic mass is 16.5. The van der Waals surface area contributed by atoms with Crippen molar-refractivity contribution < 1.29 is 9.47 Å². The Bertz CT molecular complexity index is 436. The average molecular weight is 317 g/mol. The van der Waals surface area contributed by atoms with E-state index in [0.29, 0.717) is 17.9 Å². The van der Waals surface area contributed by atoms with Crippen LogP contribution in [0.25, 0.3) is 0 Å². The summed E-state index contributed by atoms with van der Waals surface area (Å²) >= 11 is 0. The quantitative estimate of drug-likeness (QED) is 0.765. The summed E-state index contributed by atoms with van der Waals surface area (Å²) < 4.78 is 11.5. The Morgan fingerprint density at radius 3 is 2.65 bits per heavy atom. The van der Waals surface area contributed by atoms with Crippen LogP contribution >= 0.6 is 0 Å². The zero-order chi connectivity index (χ0) is 15.9. The van der Waals surface area contributed by atoms with Crippen molar-refractivity contribution in [1.82, 2.24) is 4.90 Å². The predicted octanol–water partition coefficient (Wildman–Crippen LogP) is 3.70. The van der Waals surface area contributed by atoms with E-state index in [2.05, 4.69) is 42.2 Å². The molecule has 1 aromatic rings. The second-order valence-corrected chi connectivity index (χ2v) is 7.20. The van der Waals surface area contributed by atoms with E-state index in [1.165, 1.54) is 50.9 Å². The molecule has 2 saturated heterocycles. The largest absolute Gasteiger partial charge is 0.381 e. The minimum atomic E-state index is 0.471. The number of likely N-dealkylation sites (tertiary alicyclic amines) is 1. The summed E-state index contributed by atoms with van der Waals surface area (Å²) in [6, 6.07) is 10.9. The van der Waals surface area contributed by atoms with Gasteiger partial charge in [0.15, 0.2) is 0 Å². The number of hydrogen-bond acceptors (Lipinski definition) is 3. The summed E-state index contributed by atoms with van der Waals surface area (Å²) in [6.07, 6.45) is 5.27. The molecule has 0 amide bonds. The van der Waals surface area contributed by atoms with E-state index in [9.17, 15) is 0 Å². The van der Waals surface area contributed by atoms with Crippen molar-refractivity contribution in [3.63, 3.8) is 0 Å². The van der Waals surface area contributed by atoms with Crippen molar-refractivity contribution in [2.24, 2.45) is 5.92 Å². The predicted molar refractivity (Wildman–Crippen MR) is 93.8 cm³/mol. The summed E-state index contributed by atoms with van der Waals surface area (Å²) in [5.41, 5.74) is 1.46. The van der Waals surface area contributed by atoms with Gasteiger partial charge < -0.3 is 14.4 Å². The van der Waals surface area contributed by atoms with Crippen LogP contribution in [-0.4, -0.2) is 50.5 Å². The van der Waals surface area contributed by atoms with E-state index >= 15 is 0 Å².